The number of rotatable bonds is 4. The maximum absolute atomic E-state index is 8.97. The van der Waals surface area contributed by atoms with Crippen molar-refractivity contribution >= 4 is 28.1 Å². The summed E-state index contributed by atoms with van der Waals surface area (Å²) in [6.45, 7) is 4.78. The van der Waals surface area contributed by atoms with Crippen molar-refractivity contribution in [2.24, 2.45) is 7.05 Å². The van der Waals surface area contributed by atoms with Gasteiger partial charge >= 0.3 is 0 Å². The highest BCUT2D eigenvalue weighted by Crippen LogP contribution is 2.27. The fourth-order valence-electron chi connectivity index (χ4n) is 1.97. The molecule has 1 N–H and O–H groups in total. The Kier molecular flexibility index (Phi) is 4.08. The first-order valence-corrected chi connectivity index (χ1v) is 6.98. The highest BCUT2D eigenvalue weighted by Gasteiger charge is 2.12. The first-order chi connectivity index (χ1) is 9.04. The fourth-order valence-corrected chi connectivity index (χ4v) is 2.93. The summed E-state index contributed by atoms with van der Waals surface area (Å²) >= 11 is 7.03. The van der Waals surface area contributed by atoms with E-state index in [0.717, 1.165) is 23.7 Å². The summed E-state index contributed by atoms with van der Waals surface area (Å²) in [5.41, 5.74) is 3.88. The average molecular weight is 296 g/mol. The van der Waals surface area contributed by atoms with E-state index in [1.165, 1.54) is 22.8 Å². The summed E-state index contributed by atoms with van der Waals surface area (Å²) in [5.74, 6) is 0. The third kappa shape index (κ3) is 2.72. The van der Waals surface area contributed by atoms with Gasteiger partial charge in [-0.15, -0.1) is 0 Å². The summed E-state index contributed by atoms with van der Waals surface area (Å²) < 4.78 is 5.84. The van der Waals surface area contributed by atoms with Crippen LogP contribution in [0.25, 0.3) is 0 Å². The van der Waals surface area contributed by atoms with E-state index in [2.05, 4.69) is 27.8 Å². The quantitative estimate of drug-likeness (QED) is 0.942. The van der Waals surface area contributed by atoms with Crippen molar-refractivity contribution in [3.8, 4) is 6.07 Å². The first-order valence-electron chi connectivity index (χ1n) is 5.82. The number of anilines is 1. The van der Waals surface area contributed by atoms with Crippen molar-refractivity contribution < 1.29 is 0 Å². The van der Waals surface area contributed by atoms with E-state index in [1.807, 2.05) is 18.7 Å². The molecule has 2 rings (SSSR count). The van der Waals surface area contributed by atoms with Crippen LogP contribution in [0, 0.1) is 25.2 Å². The number of nitriles is 1. The van der Waals surface area contributed by atoms with Gasteiger partial charge in [0.2, 0.25) is 0 Å². The maximum Gasteiger partial charge on any atom is 0.162 e. The number of nitrogens with zero attached hydrogens (tertiary/aromatic N) is 4. The predicted octanol–water partition coefficient (Wildman–Crippen LogP) is 2.67. The molecule has 0 aliphatic rings. The van der Waals surface area contributed by atoms with E-state index >= 15 is 0 Å². The zero-order valence-corrected chi connectivity index (χ0v) is 12.6. The van der Waals surface area contributed by atoms with Crippen molar-refractivity contribution in [2.75, 3.05) is 11.9 Å². The standard InChI is InChI=1S/C12H14ClN5S/c1-7-9(8(2)18(3)16-7)4-5-15-12-10(6-14)11(13)17-19-12/h15H,4-5H2,1-3H3. The molecule has 0 amide bonds. The van der Waals surface area contributed by atoms with Crippen LogP contribution in [0.4, 0.5) is 5.00 Å². The van der Waals surface area contributed by atoms with E-state index in [9.17, 15) is 0 Å². The Hall–Kier alpha value is -1.58. The number of aryl methyl sites for hydroxylation is 2. The lowest BCUT2D eigenvalue weighted by Crippen LogP contribution is -2.06. The van der Waals surface area contributed by atoms with Gasteiger partial charge in [-0.2, -0.15) is 14.7 Å². The number of hydrogen-bond donors (Lipinski definition) is 1. The molecule has 19 heavy (non-hydrogen) atoms. The SMILES string of the molecule is Cc1nn(C)c(C)c1CCNc1snc(Cl)c1C#N. The van der Waals surface area contributed by atoms with Crippen molar-refractivity contribution in [1.82, 2.24) is 14.2 Å². The van der Waals surface area contributed by atoms with Gasteiger partial charge in [0.05, 0.1) is 5.69 Å². The van der Waals surface area contributed by atoms with Crippen molar-refractivity contribution in [2.45, 2.75) is 20.3 Å². The summed E-state index contributed by atoms with van der Waals surface area (Å²) in [5, 5.41) is 17.6. The Morgan fingerprint density at radius 1 is 1.47 bits per heavy atom. The highest BCUT2D eigenvalue weighted by molar-refractivity contribution is 7.10. The third-order valence-corrected chi connectivity index (χ3v) is 4.26. The number of aromatic nitrogens is 3. The topological polar surface area (TPSA) is 66.5 Å². The molecule has 0 radical (unpaired) electrons. The number of hydrogen-bond acceptors (Lipinski definition) is 5. The Morgan fingerprint density at radius 3 is 2.79 bits per heavy atom. The molecule has 5 nitrogen and oxygen atoms in total. The van der Waals surface area contributed by atoms with Crippen molar-refractivity contribution in [1.29, 1.82) is 5.26 Å². The fraction of sp³-hybridized carbons (Fsp3) is 0.417. The van der Waals surface area contributed by atoms with E-state index in [-0.39, 0.29) is 5.15 Å². The minimum absolute atomic E-state index is 0.267. The zero-order valence-electron chi connectivity index (χ0n) is 11.0. The summed E-state index contributed by atoms with van der Waals surface area (Å²) in [7, 11) is 1.94. The van der Waals surface area contributed by atoms with Crippen molar-refractivity contribution in [3.63, 3.8) is 0 Å². The second-order valence-electron chi connectivity index (χ2n) is 4.24. The molecule has 0 fully saturated rings. The Morgan fingerprint density at radius 2 is 2.21 bits per heavy atom. The normalized spacial score (nSPS) is 10.5. The average Bonchev–Trinajstić information content (AvgIpc) is 2.84. The highest BCUT2D eigenvalue weighted by atomic mass is 35.5. The van der Waals surface area contributed by atoms with Gasteiger partial charge < -0.3 is 5.32 Å². The van der Waals surface area contributed by atoms with Crippen LogP contribution in [-0.4, -0.2) is 20.7 Å². The molecule has 2 aromatic rings. The van der Waals surface area contributed by atoms with Gasteiger partial charge in [0.1, 0.15) is 16.6 Å². The molecule has 2 aromatic heterocycles. The molecule has 7 heteroatoms. The van der Waals surface area contributed by atoms with Gasteiger partial charge in [0.25, 0.3) is 0 Å². The molecule has 0 aliphatic heterocycles. The molecule has 2 heterocycles. The summed E-state index contributed by atoms with van der Waals surface area (Å²) in [6, 6.07) is 2.06. The second-order valence-corrected chi connectivity index (χ2v) is 5.37. The van der Waals surface area contributed by atoms with Crippen LogP contribution < -0.4 is 5.32 Å². The molecule has 0 spiro atoms. The monoisotopic (exact) mass is 295 g/mol. The number of halogens is 1. The van der Waals surface area contributed by atoms with Crippen LogP contribution in [0.2, 0.25) is 5.15 Å². The van der Waals surface area contributed by atoms with Gasteiger partial charge in [-0.3, -0.25) is 4.68 Å². The van der Waals surface area contributed by atoms with Crippen LogP contribution in [0.1, 0.15) is 22.5 Å². The minimum atomic E-state index is 0.267. The molecule has 0 saturated carbocycles. The lowest BCUT2D eigenvalue weighted by molar-refractivity contribution is 0.730. The molecule has 0 saturated heterocycles. The van der Waals surface area contributed by atoms with Gasteiger partial charge in [0.15, 0.2) is 5.15 Å². The van der Waals surface area contributed by atoms with E-state index < -0.39 is 0 Å². The molecule has 0 aliphatic carbocycles. The first kappa shape index (κ1) is 13.8. The summed E-state index contributed by atoms with van der Waals surface area (Å²) in [4.78, 5) is 0. The lowest BCUT2D eigenvalue weighted by atomic mass is 10.1. The van der Waals surface area contributed by atoms with Gasteiger partial charge in [-0.25, -0.2) is 0 Å². The van der Waals surface area contributed by atoms with Crippen LogP contribution in [0.5, 0.6) is 0 Å². The maximum atomic E-state index is 8.97. The molecular formula is C12H14ClN5S. The zero-order chi connectivity index (χ0) is 14.0. The van der Waals surface area contributed by atoms with Crippen LogP contribution in [0.3, 0.4) is 0 Å². The molecule has 100 valence electrons. The molecule has 0 unspecified atom stereocenters. The molecule has 0 aromatic carbocycles. The Bertz CT molecular complexity index is 637. The Labute approximate surface area is 121 Å². The lowest BCUT2D eigenvalue weighted by Gasteiger charge is -2.04. The van der Waals surface area contributed by atoms with E-state index in [1.54, 1.807) is 0 Å². The third-order valence-electron chi connectivity index (χ3n) is 3.08. The van der Waals surface area contributed by atoms with E-state index in [4.69, 9.17) is 16.9 Å². The van der Waals surface area contributed by atoms with Gasteiger partial charge in [0, 0.05) is 19.3 Å². The predicted molar refractivity (Wildman–Crippen MR) is 76.7 cm³/mol. The van der Waals surface area contributed by atoms with Crippen molar-refractivity contribution in [3.05, 3.63) is 27.7 Å². The Balaban J connectivity index is 2.03. The van der Waals surface area contributed by atoms with Crippen LogP contribution in [0.15, 0.2) is 0 Å². The molecular weight excluding hydrogens is 282 g/mol. The van der Waals surface area contributed by atoms with Gasteiger partial charge in [-0.05, 0) is 37.4 Å². The van der Waals surface area contributed by atoms with Crippen LogP contribution in [-0.2, 0) is 13.5 Å². The smallest absolute Gasteiger partial charge is 0.162 e. The molecule has 0 bridgehead atoms. The van der Waals surface area contributed by atoms with Gasteiger partial charge in [-0.1, -0.05) is 11.6 Å². The summed E-state index contributed by atoms with van der Waals surface area (Å²) in [6.07, 6.45) is 0.853. The minimum Gasteiger partial charge on any atom is -0.374 e. The second kappa shape index (κ2) is 5.59. The van der Waals surface area contributed by atoms with E-state index in [0.29, 0.717) is 5.56 Å². The largest absolute Gasteiger partial charge is 0.374 e. The van der Waals surface area contributed by atoms with Crippen LogP contribution >= 0.6 is 23.1 Å². The number of nitrogens with one attached hydrogen (secondary N) is 1. The molecule has 0 atom stereocenters.